The molecular formula is C15H20N4O4S. The van der Waals surface area contributed by atoms with Crippen LogP contribution in [0.1, 0.15) is 24.3 Å². The van der Waals surface area contributed by atoms with Crippen LogP contribution in [-0.2, 0) is 29.1 Å². The van der Waals surface area contributed by atoms with Gasteiger partial charge in [0, 0.05) is 24.4 Å². The summed E-state index contributed by atoms with van der Waals surface area (Å²) >= 11 is 1.36. The van der Waals surface area contributed by atoms with Gasteiger partial charge in [-0.3, -0.25) is 19.1 Å². The Morgan fingerprint density at radius 2 is 2.21 bits per heavy atom. The minimum Gasteiger partial charge on any atom is -0.370 e. The summed E-state index contributed by atoms with van der Waals surface area (Å²) in [5, 5.41) is 3.04. The number of rotatable bonds is 4. The molecule has 0 aromatic carbocycles. The molecule has 24 heavy (non-hydrogen) atoms. The molecule has 0 unspecified atom stereocenters. The second-order valence-electron chi connectivity index (χ2n) is 6.39. The molecule has 0 aliphatic carbocycles. The largest absolute Gasteiger partial charge is 0.370 e. The van der Waals surface area contributed by atoms with E-state index in [9.17, 15) is 14.4 Å². The first-order valence-electron chi connectivity index (χ1n) is 7.70. The predicted molar refractivity (Wildman–Crippen MR) is 91.3 cm³/mol. The SMILES string of the molecule is CC1(C)Cc2c(sc3[nH]c(=O)n(CC(=O)NCCN)c(=O)c23)CO1. The molecule has 0 spiro atoms. The molecular weight excluding hydrogens is 332 g/mol. The smallest absolute Gasteiger partial charge is 0.329 e. The number of carbonyl (C=O) groups excluding carboxylic acids is 1. The monoisotopic (exact) mass is 352 g/mol. The van der Waals surface area contributed by atoms with E-state index in [0.717, 1.165) is 15.0 Å². The van der Waals surface area contributed by atoms with E-state index in [1.807, 2.05) is 13.8 Å². The first-order valence-corrected chi connectivity index (χ1v) is 8.52. The Kier molecular flexibility index (Phi) is 4.33. The van der Waals surface area contributed by atoms with Gasteiger partial charge in [-0.05, 0) is 19.4 Å². The van der Waals surface area contributed by atoms with Crippen LogP contribution in [0, 0.1) is 0 Å². The average Bonchev–Trinajstić information content (AvgIpc) is 2.85. The van der Waals surface area contributed by atoms with Crippen molar-refractivity contribution in [2.24, 2.45) is 5.73 Å². The number of ether oxygens (including phenoxy) is 1. The summed E-state index contributed by atoms with van der Waals surface area (Å²) < 4.78 is 6.70. The highest BCUT2D eigenvalue weighted by molar-refractivity contribution is 7.18. The zero-order valence-electron chi connectivity index (χ0n) is 13.6. The maximum Gasteiger partial charge on any atom is 0.329 e. The van der Waals surface area contributed by atoms with Crippen molar-refractivity contribution in [3.8, 4) is 0 Å². The number of thiophene rings is 1. The first kappa shape index (κ1) is 16.9. The fourth-order valence-corrected chi connectivity index (χ4v) is 3.93. The minimum atomic E-state index is -0.589. The molecule has 1 aliphatic heterocycles. The third kappa shape index (κ3) is 3.02. The molecule has 2 aromatic heterocycles. The lowest BCUT2D eigenvalue weighted by Crippen LogP contribution is -2.41. The van der Waals surface area contributed by atoms with Gasteiger partial charge in [-0.25, -0.2) is 4.79 Å². The van der Waals surface area contributed by atoms with E-state index < -0.39 is 17.2 Å². The van der Waals surface area contributed by atoms with Gasteiger partial charge in [-0.15, -0.1) is 11.3 Å². The van der Waals surface area contributed by atoms with Crippen LogP contribution >= 0.6 is 11.3 Å². The fraction of sp³-hybridized carbons (Fsp3) is 0.533. The number of carbonyl (C=O) groups is 1. The zero-order chi connectivity index (χ0) is 17.5. The summed E-state index contributed by atoms with van der Waals surface area (Å²) in [7, 11) is 0. The highest BCUT2D eigenvalue weighted by Gasteiger charge is 2.31. The summed E-state index contributed by atoms with van der Waals surface area (Å²) in [5.41, 5.74) is 4.84. The Hall–Kier alpha value is -1.97. The molecule has 0 saturated heterocycles. The number of nitrogens with two attached hydrogens (primary N) is 1. The van der Waals surface area contributed by atoms with E-state index in [4.69, 9.17) is 10.5 Å². The molecule has 9 heteroatoms. The summed E-state index contributed by atoms with van der Waals surface area (Å²) in [6.45, 7) is 4.61. The van der Waals surface area contributed by atoms with Crippen molar-refractivity contribution in [2.75, 3.05) is 13.1 Å². The predicted octanol–water partition coefficient (Wildman–Crippen LogP) is -0.322. The van der Waals surface area contributed by atoms with Gasteiger partial charge in [0.1, 0.15) is 11.4 Å². The van der Waals surface area contributed by atoms with Crippen molar-refractivity contribution in [1.82, 2.24) is 14.9 Å². The molecule has 0 radical (unpaired) electrons. The number of nitrogens with one attached hydrogen (secondary N) is 2. The van der Waals surface area contributed by atoms with Crippen LogP contribution in [0.25, 0.3) is 10.2 Å². The summed E-state index contributed by atoms with van der Waals surface area (Å²) in [6, 6.07) is 0. The van der Waals surface area contributed by atoms with Crippen LogP contribution in [0.2, 0.25) is 0 Å². The lowest BCUT2D eigenvalue weighted by atomic mass is 9.94. The molecule has 0 atom stereocenters. The summed E-state index contributed by atoms with van der Waals surface area (Å²) in [6.07, 6.45) is 0.586. The van der Waals surface area contributed by atoms with Crippen LogP contribution in [-0.4, -0.2) is 34.1 Å². The molecule has 4 N–H and O–H groups in total. The normalized spacial score (nSPS) is 16.1. The third-order valence-electron chi connectivity index (χ3n) is 3.98. The van der Waals surface area contributed by atoms with Gasteiger partial charge in [0.25, 0.3) is 5.56 Å². The molecule has 1 amide bonds. The Bertz CT molecular complexity index is 909. The highest BCUT2D eigenvalue weighted by atomic mass is 32.1. The zero-order valence-corrected chi connectivity index (χ0v) is 14.4. The van der Waals surface area contributed by atoms with Gasteiger partial charge < -0.3 is 15.8 Å². The summed E-state index contributed by atoms with van der Waals surface area (Å²) in [4.78, 5) is 41.0. The van der Waals surface area contributed by atoms with Crippen molar-refractivity contribution in [1.29, 1.82) is 0 Å². The molecule has 0 saturated carbocycles. The maximum absolute atomic E-state index is 12.8. The van der Waals surface area contributed by atoms with Crippen LogP contribution in [0.3, 0.4) is 0 Å². The molecule has 0 bridgehead atoms. The van der Waals surface area contributed by atoms with Crippen LogP contribution < -0.4 is 22.3 Å². The first-order chi connectivity index (χ1) is 11.3. The number of aromatic nitrogens is 2. The van der Waals surface area contributed by atoms with Crippen LogP contribution in [0.4, 0.5) is 0 Å². The lowest BCUT2D eigenvalue weighted by molar-refractivity contribution is -0.121. The second kappa shape index (κ2) is 6.15. The number of fused-ring (bicyclic) bond motifs is 3. The molecule has 0 fully saturated rings. The van der Waals surface area contributed by atoms with Crippen molar-refractivity contribution in [3.63, 3.8) is 0 Å². The van der Waals surface area contributed by atoms with Gasteiger partial charge in [0.2, 0.25) is 5.91 Å². The Morgan fingerprint density at radius 1 is 1.46 bits per heavy atom. The van der Waals surface area contributed by atoms with Crippen molar-refractivity contribution >= 4 is 27.5 Å². The van der Waals surface area contributed by atoms with Gasteiger partial charge in [0.05, 0.1) is 17.6 Å². The standard InChI is InChI=1S/C15H20N4O4S/c1-15(2)5-8-9(7-23-15)24-12-11(8)13(21)19(14(22)18-12)6-10(20)17-4-3-16/h3-7,16H2,1-2H3,(H,17,20)(H,18,22). The van der Waals surface area contributed by atoms with Crippen molar-refractivity contribution in [2.45, 2.75) is 39.0 Å². The number of nitrogens with zero attached hydrogens (tertiary/aromatic N) is 1. The Morgan fingerprint density at radius 3 is 2.92 bits per heavy atom. The number of hydrogen-bond donors (Lipinski definition) is 3. The Balaban J connectivity index is 2.08. The van der Waals surface area contributed by atoms with Crippen molar-refractivity contribution < 1.29 is 9.53 Å². The number of hydrogen-bond acceptors (Lipinski definition) is 6. The van der Waals surface area contributed by atoms with E-state index in [1.54, 1.807) is 0 Å². The van der Waals surface area contributed by atoms with E-state index >= 15 is 0 Å². The molecule has 3 rings (SSSR count). The van der Waals surface area contributed by atoms with Gasteiger partial charge >= 0.3 is 5.69 Å². The third-order valence-corrected chi connectivity index (χ3v) is 5.10. The fourth-order valence-electron chi connectivity index (χ4n) is 2.81. The highest BCUT2D eigenvalue weighted by Crippen LogP contribution is 2.36. The van der Waals surface area contributed by atoms with Gasteiger partial charge in [-0.2, -0.15) is 0 Å². The van der Waals surface area contributed by atoms with Crippen LogP contribution in [0.15, 0.2) is 9.59 Å². The van der Waals surface area contributed by atoms with E-state index in [1.165, 1.54) is 11.3 Å². The maximum atomic E-state index is 12.8. The lowest BCUT2D eigenvalue weighted by Gasteiger charge is -2.29. The van der Waals surface area contributed by atoms with Gasteiger partial charge in [-0.1, -0.05) is 0 Å². The van der Waals surface area contributed by atoms with E-state index in [2.05, 4.69) is 10.3 Å². The molecule has 3 heterocycles. The van der Waals surface area contributed by atoms with E-state index in [0.29, 0.717) is 36.3 Å². The number of aromatic amines is 1. The average molecular weight is 352 g/mol. The number of H-pyrrole nitrogens is 1. The summed E-state index contributed by atoms with van der Waals surface area (Å²) in [5.74, 6) is -0.417. The van der Waals surface area contributed by atoms with Crippen molar-refractivity contribution in [3.05, 3.63) is 31.3 Å². The molecule has 1 aliphatic rings. The number of amides is 1. The van der Waals surface area contributed by atoms with Gasteiger partial charge in [0.15, 0.2) is 0 Å². The second-order valence-corrected chi connectivity index (χ2v) is 7.50. The molecule has 8 nitrogen and oxygen atoms in total. The molecule has 2 aromatic rings. The van der Waals surface area contributed by atoms with E-state index in [-0.39, 0.29) is 12.1 Å². The van der Waals surface area contributed by atoms with Crippen LogP contribution in [0.5, 0.6) is 0 Å². The topological polar surface area (TPSA) is 119 Å². The molecule has 130 valence electrons. The minimum absolute atomic E-state index is 0.295. The Labute approximate surface area is 141 Å². The quantitative estimate of drug-likeness (QED) is 0.697.